The van der Waals surface area contributed by atoms with Crippen LogP contribution in [0.1, 0.15) is 30.6 Å². The summed E-state index contributed by atoms with van der Waals surface area (Å²) in [5.41, 5.74) is -0.461. The number of carbonyl (C=O) groups excluding carboxylic acids is 1. The van der Waals surface area contributed by atoms with Crippen LogP contribution in [-0.2, 0) is 15.2 Å². The Kier molecular flexibility index (Phi) is 4.15. The number of hydrogen-bond acceptors (Lipinski definition) is 6. The smallest absolute Gasteiger partial charge is 0.376 e. The molecule has 0 bridgehead atoms. The van der Waals surface area contributed by atoms with Gasteiger partial charge in [0.2, 0.25) is 0 Å². The van der Waals surface area contributed by atoms with Crippen LogP contribution in [0.25, 0.3) is 0 Å². The van der Waals surface area contributed by atoms with Crippen LogP contribution in [0.4, 0.5) is 3.89 Å². The summed E-state index contributed by atoms with van der Waals surface area (Å²) in [5.74, 6) is -0.838. The van der Waals surface area contributed by atoms with E-state index in [1.54, 1.807) is 0 Å². The predicted molar refractivity (Wildman–Crippen MR) is 70.8 cm³/mol. The second-order valence-corrected chi connectivity index (χ2v) is 5.97. The molecule has 116 valence electrons. The van der Waals surface area contributed by atoms with Gasteiger partial charge in [-0.1, -0.05) is 3.89 Å². The van der Waals surface area contributed by atoms with E-state index in [1.165, 1.54) is 6.20 Å². The molecule has 1 aliphatic rings. The minimum atomic E-state index is -5.15. The number of pyridine rings is 1. The summed E-state index contributed by atoms with van der Waals surface area (Å²) in [6.45, 7) is 4.24. The number of aromatic nitrogens is 1. The van der Waals surface area contributed by atoms with E-state index in [2.05, 4.69) is 14.5 Å². The highest BCUT2D eigenvalue weighted by Crippen LogP contribution is 2.25. The summed E-state index contributed by atoms with van der Waals surface area (Å²) < 4.78 is 42.8. The Morgan fingerprint density at radius 1 is 1.57 bits per heavy atom. The molecule has 9 heteroatoms. The van der Waals surface area contributed by atoms with Crippen molar-refractivity contribution in [2.24, 2.45) is 0 Å². The highest BCUT2D eigenvalue weighted by molar-refractivity contribution is 7.81. The van der Waals surface area contributed by atoms with Crippen LogP contribution in [0.3, 0.4) is 0 Å². The Hall–Kier alpha value is -1.74. The minimum Gasteiger partial charge on any atom is -0.376 e. The number of amides is 1. The lowest BCUT2D eigenvalue weighted by Crippen LogP contribution is -2.50. The molecule has 1 saturated heterocycles. The summed E-state index contributed by atoms with van der Waals surface area (Å²) in [6, 6.07) is 1.10. The fraction of sp³-hybridized carbons (Fsp3) is 0.500. The lowest BCUT2D eigenvalue weighted by Gasteiger charge is -2.28. The molecule has 21 heavy (non-hydrogen) atoms. The first kappa shape index (κ1) is 15.6. The Labute approximate surface area is 121 Å². The van der Waals surface area contributed by atoms with Crippen molar-refractivity contribution in [2.75, 3.05) is 6.61 Å². The highest BCUT2D eigenvalue weighted by Gasteiger charge is 2.38. The second kappa shape index (κ2) is 5.57. The first-order valence-electron chi connectivity index (χ1n) is 6.23. The molecule has 2 heterocycles. The zero-order valence-corrected chi connectivity index (χ0v) is 12.3. The van der Waals surface area contributed by atoms with Gasteiger partial charge in [0, 0.05) is 12.8 Å². The topological polar surface area (TPSA) is 94.6 Å². The van der Waals surface area contributed by atoms with Crippen LogP contribution in [0.15, 0.2) is 18.5 Å². The number of ether oxygens (including phenoxy) is 1. The van der Waals surface area contributed by atoms with Gasteiger partial charge in [0.25, 0.3) is 5.91 Å². The largest absolute Gasteiger partial charge is 0.488 e. The number of carbonyl (C=O) groups is 1. The van der Waals surface area contributed by atoms with E-state index in [0.717, 1.165) is 12.3 Å². The monoisotopic (exact) mass is 318 g/mol. The van der Waals surface area contributed by atoms with Crippen molar-refractivity contribution >= 4 is 16.4 Å². The van der Waals surface area contributed by atoms with Gasteiger partial charge in [-0.15, -0.1) is 0 Å². The zero-order valence-electron chi connectivity index (χ0n) is 11.5. The van der Waals surface area contributed by atoms with Crippen molar-refractivity contribution in [2.45, 2.75) is 31.9 Å². The summed E-state index contributed by atoms with van der Waals surface area (Å²) >= 11 is 0. The van der Waals surface area contributed by atoms with Crippen molar-refractivity contribution in [1.29, 1.82) is 0 Å². The van der Waals surface area contributed by atoms with Crippen LogP contribution in [0.2, 0.25) is 0 Å². The van der Waals surface area contributed by atoms with Crippen molar-refractivity contribution < 1.29 is 26.0 Å². The van der Waals surface area contributed by atoms with Crippen molar-refractivity contribution in [3.8, 4) is 5.75 Å². The zero-order chi connectivity index (χ0) is 15.7. The van der Waals surface area contributed by atoms with Gasteiger partial charge in [-0.25, -0.2) is 0 Å². The van der Waals surface area contributed by atoms with Crippen molar-refractivity contribution in [3.05, 3.63) is 24.0 Å². The SMILES string of the molecule is CC1OCCC1(C)NC(=O)c1cncc(OS(=O)(=O)F)c1. The number of hydrogen-bond donors (Lipinski definition) is 1. The van der Waals surface area contributed by atoms with E-state index in [9.17, 15) is 17.1 Å². The normalized spacial score (nSPS) is 25.6. The summed E-state index contributed by atoms with van der Waals surface area (Å²) in [6.07, 6.45) is 2.73. The average molecular weight is 318 g/mol. The van der Waals surface area contributed by atoms with Crippen molar-refractivity contribution in [3.63, 3.8) is 0 Å². The molecule has 1 fully saturated rings. The molecule has 1 aromatic heterocycles. The number of halogens is 1. The highest BCUT2D eigenvalue weighted by atomic mass is 32.3. The van der Waals surface area contributed by atoms with Crippen LogP contribution < -0.4 is 9.50 Å². The molecule has 2 rings (SSSR count). The van der Waals surface area contributed by atoms with Gasteiger partial charge in [-0.2, -0.15) is 8.42 Å². The molecule has 1 amide bonds. The van der Waals surface area contributed by atoms with Gasteiger partial charge >= 0.3 is 10.5 Å². The van der Waals surface area contributed by atoms with Crippen LogP contribution in [0, 0.1) is 0 Å². The maximum absolute atomic E-state index is 12.5. The Bertz CT molecular complexity index is 651. The molecule has 2 unspecified atom stereocenters. The van der Waals surface area contributed by atoms with Gasteiger partial charge in [0.1, 0.15) is 0 Å². The fourth-order valence-corrected chi connectivity index (χ4v) is 2.36. The molecule has 0 aromatic carbocycles. The Morgan fingerprint density at radius 3 is 2.86 bits per heavy atom. The van der Waals surface area contributed by atoms with Gasteiger partial charge in [0.15, 0.2) is 5.75 Å². The quantitative estimate of drug-likeness (QED) is 0.831. The summed E-state index contributed by atoms with van der Waals surface area (Å²) in [7, 11) is -5.15. The lowest BCUT2D eigenvalue weighted by molar-refractivity contribution is 0.0727. The van der Waals surface area contributed by atoms with E-state index in [0.29, 0.717) is 13.0 Å². The van der Waals surface area contributed by atoms with Crippen LogP contribution in [0.5, 0.6) is 5.75 Å². The molecule has 7 nitrogen and oxygen atoms in total. The van der Waals surface area contributed by atoms with E-state index in [-0.39, 0.29) is 17.4 Å². The van der Waals surface area contributed by atoms with Crippen molar-refractivity contribution in [1.82, 2.24) is 10.3 Å². The molecular weight excluding hydrogens is 303 g/mol. The molecule has 2 atom stereocenters. The molecule has 1 aromatic rings. The first-order valence-corrected chi connectivity index (χ1v) is 7.54. The first-order chi connectivity index (χ1) is 9.70. The molecule has 1 N–H and O–H groups in total. The summed E-state index contributed by atoms with van der Waals surface area (Å²) in [4.78, 5) is 15.8. The number of nitrogens with zero attached hydrogens (tertiary/aromatic N) is 1. The Morgan fingerprint density at radius 2 is 2.29 bits per heavy atom. The average Bonchev–Trinajstić information content (AvgIpc) is 2.67. The van der Waals surface area contributed by atoms with E-state index in [1.807, 2.05) is 13.8 Å². The van der Waals surface area contributed by atoms with E-state index >= 15 is 0 Å². The maximum Gasteiger partial charge on any atom is 0.488 e. The van der Waals surface area contributed by atoms with Gasteiger partial charge in [0.05, 0.1) is 23.4 Å². The number of nitrogens with one attached hydrogen (secondary N) is 1. The van der Waals surface area contributed by atoms with Crippen LogP contribution >= 0.6 is 0 Å². The third kappa shape index (κ3) is 3.88. The lowest BCUT2D eigenvalue weighted by atomic mass is 9.94. The third-order valence-electron chi connectivity index (χ3n) is 3.46. The summed E-state index contributed by atoms with van der Waals surface area (Å²) in [5, 5.41) is 2.81. The van der Waals surface area contributed by atoms with E-state index < -0.39 is 22.0 Å². The van der Waals surface area contributed by atoms with E-state index in [4.69, 9.17) is 4.74 Å². The number of rotatable bonds is 4. The molecule has 0 spiro atoms. The standard InChI is InChI=1S/C12H15FN2O5S/c1-8-12(2,3-4-19-8)15-11(16)9-5-10(7-14-6-9)20-21(13,17)18/h5-8H,3-4H2,1-2H3,(H,15,16). The predicted octanol–water partition coefficient (Wildman–Crippen LogP) is 0.972. The molecule has 0 radical (unpaired) electrons. The third-order valence-corrected chi connectivity index (χ3v) is 3.85. The molecular formula is C12H15FN2O5S. The Balaban J connectivity index is 2.14. The minimum absolute atomic E-state index is 0.0662. The maximum atomic E-state index is 12.5. The van der Waals surface area contributed by atoms with Gasteiger partial charge in [-0.05, 0) is 26.3 Å². The second-order valence-electron chi connectivity index (χ2n) is 5.02. The molecule has 1 aliphatic heterocycles. The van der Waals surface area contributed by atoms with Gasteiger partial charge in [-0.3, -0.25) is 9.78 Å². The fourth-order valence-electron chi connectivity index (χ4n) is 2.03. The molecule has 0 saturated carbocycles. The van der Waals surface area contributed by atoms with Gasteiger partial charge < -0.3 is 14.2 Å². The molecule has 0 aliphatic carbocycles. The van der Waals surface area contributed by atoms with Crippen LogP contribution in [-0.4, -0.2) is 37.6 Å².